The summed E-state index contributed by atoms with van der Waals surface area (Å²) in [5.74, 6) is -0.493. The van der Waals surface area contributed by atoms with Crippen LogP contribution in [0.25, 0.3) is 0 Å². The first kappa shape index (κ1) is 18.1. The normalized spacial score (nSPS) is 25.9. The molecule has 4 rings (SSSR count). The first-order valence-electron chi connectivity index (χ1n) is 8.76. The number of amides is 3. The molecule has 3 fully saturated rings. The SMILES string of the molecule is COC(=O)NC[C@H]1CN(c2ccc(N3C[C@@H]4NC(=O)O[C@@H]4C3)c(F)c2)C(=O)O1. The van der Waals surface area contributed by atoms with E-state index in [1.165, 1.54) is 18.1 Å². The van der Waals surface area contributed by atoms with Crippen LogP contribution in [0.3, 0.4) is 0 Å². The highest BCUT2D eigenvalue weighted by Crippen LogP contribution is 2.31. The van der Waals surface area contributed by atoms with Crippen molar-refractivity contribution in [3.63, 3.8) is 0 Å². The molecule has 150 valence electrons. The Balaban J connectivity index is 1.41. The summed E-state index contributed by atoms with van der Waals surface area (Å²) in [5, 5.41) is 5.15. The van der Waals surface area contributed by atoms with Crippen LogP contribution in [0, 0.1) is 5.82 Å². The van der Waals surface area contributed by atoms with E-state index in [9.17, 15) is 18.8 Å². The van der Waals surface area contributed by atoms with Gasteiger partial charge in [0, 0.05) is 6.54 Å². The first-order chi connectivity index (χ1) is 13.4. The molecule has 1 aromatic rings. The Morgan fingerprint density at radius 1 is 1.32 bits per heavy atom. The fourth-order valence-corrected chi connectivity index (χ4v) is 3.58. The summed E-state index contributed by atoms with van der Waals surface area (Å²) < 4.78 is 29.5. The highest BCUT2D eigenvalue weighted by molar-refractivity contribution is 5.90. The van der Waals surface area contributed by atoms with Crippen molar-refractivity contribution in [2.24, 2.45) is 0 Å². The summed E-state index contributed by atoms with van der Waals surface area (Å²) in [6.07, 6.45) is -2.55. The molecule has 0 unspecified atom stereocenters. The number of halogens is 1. The predicted octanol–water partition coefficient (Wildman–Crippen LogP) is 0.804. The molecule has 28 heavy (non-hydrogen) atoms. The Labute approximate surface area is 159 Å². The van der Waals surface area contributed by atoms with E-state index in [2.05, 4.69) is 15.4 Å². The van der Waals surface area contributed by atoms with Gasteiger partial charge in [0.25, 0.3) is 0 Å². The number of nitrogens with zero attached hydrogens (tertiary/aromatic N) is 2. The van der Waals surface area contributed by atoms with Crippen molar-refractivity contribution < 1.29 is 33.0 Å². The minimum atomic E-state index is -0.625. The monoisotopic (exact) mass is 394 g/mol. The fraction of sp³-hybridized carbons (Fsp3) is 0.471. The zero-order valence-corrected chi connectivity index (χ0v) is 15.0. The molecule has 3 amide bonds. The minimum Gasteiger partial charge on any atom is -0.453 e. The van der Waals surface area contributed by atoms with Gasteiger partial charge in [-0.1, -0.05) is 0 Å². The number of benzene rings is 1. The molecule has 10 nitrogen and oxygen atoms in total. The quantitative estimate of drug-likeness (QED) is 0.727. The Morgan fingerprint density at radius 3 is 2.86 bits per heavy atom. The van der Waals surface area contributed by atoms with Gasteiger partial charge < -0.3 is 29.7 Å². The average Bonchev–Trinajstić information content (AvgIpc) is 3.32. The maximum atomic E-state index is 14.7. The molecule has 1 aromatic carbocycles. The Morgan fingerprint density at radius 2 is 2.14 bits per heavy atom. The molecule has 0 saturated carbocycles. The third kappa shape index (κ3) is 3.35. The van der Waals surface area contributed by atoms with E-state index >= 15 is 0 Å². The van der Waals surface area contributed by atoms with Crippen molar-refractivity contribution in [3.8, 4) is 0 Å². The lowest BCUT2D eigenvalue weighted by Crippen LogP contribution is -2.34. The summed E-state index contributed by atoms with van der Waals surface area (Å²) in [4.78, 5) is 37.5. The maximum Gasteiger partial charge on any atom is 0.414 e. The van der Waals surface area contributed by atoms with Gasteiger partial charge in [-0.25, -0.2) is 18.8 Å². The molecule has 0 radical (unpaired) electrons. The second-order valence-corrected chi connectivity index (χ2v) is 6.72. The van der Waals surface area contributed by atoms with Gasteiger partial charge in [-0.05, 0) is 18.2 Å². The van der Waals surface area contributed by atoms with Gasteiger partial charge in [0.2, 0.25) is 0 Å². The first-order valence-corrected chi connectivity index (χ1v) is 8.76. The molecule has 0 spiro atoms. The number of anilines is 2. The lowest BCUT2D eigenvalue weighted by molar-refractivity contribution is 0.132. The molecule has 2 N–H and O–H groups in total. The number of cyclic esters (lactones) is 1. The molecule has 3 heterocycles. The fourth-order valence-electron chi connectivity index (χ4n) is 3.58. The van der Waals surface area contributed by atoms with E-state index < -0.39 is 30.2 Å². The summed E-state index contributed by atoms with van der Waals surface area (Å²) in [6, 6.07) is 4.31. The number of hydrogen-bond acceptors (Lipinski definition) is 7. The van der Waals surface area contributed by atoms with Crippen LogP contribution in [0.15, 0.2) is 18.2 Å². The smallest absolute Gasteiger partial charge is 0.414 e. The van der Waals surface area contributed by atoms with Crippen LogP contribution in [0.5, 0.6) is 0 Å². The molecule has 3 aliphatic rings. The maximum absolute atomic E-state index is 14.7. The van der Waals surface area contributed by atoms with Crippen LogP contribution < -0.4 is 20.4 Å². The predicted molar refractivity (Wildman–Crippen MR) is 93.8 cm³/mol. The average molecular weight is 394 g/mol. The van der Waals surface area contributed by atoms with E-state index in [4.69, 9.17) is 9.47 Å². The highest BCUT2D eigenvalue weighted by Gasteiger charge is 2.42. The van der Waals surface area contributed by atoms with Crippen molar-refractivity contribution >= 4 is 29.7 Å². The zero-order chi connectivity index (χ0) is 19.8. The molecular formula is C17H19FN4O6. The lowest BCUT2D eigenvalue weighted by atomic mass is 10.2. The Bertz CT molecular complexity index is 805. The summed E-state index contributed by atoms with van der Waals surface area (Å²) in [6.45, 7) is 1.11. The largest absolute Gasteiger partial charge is 0.453 e. The molecule has 3 atom stereocenters. The van der Waals surface area contributed by atoms with Gasteiger partial charge in [0.15, 0.2) is 0 Å². The van der Waals surface area contributed by atoms with E-state index in [-0.39, 0.29) is 25.2 Å². The van der Waals surface area contributed by atoms with Gasteiger partial charge in [-0.15, -0.1) is 0 Å². The minimum absolute atomic E-state index is 0.0950. The van der Waals surface area contributed by atoms with Gasteiger partial charge in [0.05, 0.1) is 44.2 Å². The highest BCUT2D eigenvalue weighted by atomic mass is 19.1. The van der Waals surface area contributed by atoms with Gasteiger partial charge in [-0.3, -0.25) is 4.90 Å². The van der Waals surface area contributed by atoms with Crippen molar-refractivity contribution in [1.29, 1.82) is 0 Å². The summed E-state index contributed by atoms with van der Waals surface area (Å²) in [5.41, 5.74) is 0.725. The molecular weight excluding hydrogens is 375 g/mol. The number of ether oxygens (including phenoxy) is 3. The number of carbonyl (C=O) groups is 3. The lowest BCUT2D eigenvalue weighted by Gasteiger charge is -2.21. The van der Waals surface area contributed by atoms with Gasteiger partial charge in [0.1, 0.15) is 18.0 Å². The molecule has 3 aliphatic heterocycles. The number of hydrogen-bond donors (Lipinski definition) is 2. The molecule has 0 aliphatic carbocycles. The van der Waals surface area contributed by atoms with Crippen molar-refractivity contribution in [3.05, 3.63) is 24.0 Å². The summed E-state index contributed by atoms with van der Waals surface area (Å²) >= 11 is 0. The third-order valence-corrected chi connectivity index (χ3v) is 4.95. The second kappa shape index (κ2) is 7.06. The second-order valence-electron chi connectivity index (χ2n) is 6.72. The van der Waals surface area contributed by atoms with Crippen LogP contribution in [-0.4, -0.2) is 69.8 Å². The Kier molecular flexibility index (Phi) is 4.57. The molecule has 11 heteroatoms. The topological polar surface area (TPSA) is 109 Å². The van der Waals surface area contributed by atoms with Crippen LogP contribution >= 0.6 is 0 Å². The van der Waals surface area contributed by atoms with Crippen LogP contribution in [-0.2, 0) is 14.2 Å². The number of alkyl carbamates (subject to hydrolysis) is 2. The Hall–Kier alpha value is -3.24. The van der Waals surface area contributed by atoms with Crippen molar-refractivity contribution in [1.82, 2.24) is 10.6 Å². The number of rotatable bonds is 4. The van der Waals surface area contributed by atoms with Gasteiger partial charge in [-0.2, -0.15) is 0 Å². The van der Waals surface area contributed by atoms with E-state index in [1.807, 2.05) is 0 Å². The van der Waals surface area contributed by atoms with Crippen LogP contribution in [0.4, 0.5) is 30.1 Å². The number of methoxy groups -OCH3 is 1. The zero-order valence-electron chi connectivity index (χ0n) is 15.0. The summed E-state index contributed by atoms with van der Waals surface area (Å²) in [7, 11) is 1.24. The van der Waals surface area contributed by atoms with Crippen molar-refractivity contribution in [2.75, 3.05) is 43.1 Å². The number of carbonyl (C=O) groups excluding carboxylic acids is 3. The van der Waals surface area contributed by atoms with E-state index in [0.29, 0.717) is 24.5 Å². The number of fused-ring (bicyclic) bond motifs is 1. The van der Waals surface area contributed by atoms with Gasteiger partial charge >= 0.3 is 18.3 Å². The third-order valence-electron chi connectivity index (χ3n) is 4.95. The van der Waals surface area contributed by atoms with E-state index in [0.717, 1.165) is 0 Å². The van der Waals surface area contributed by atoms with Crippen LogP contribution in [0.2, 0.25) is 0 Å². The van der Waals surface area contributed by atoms with E-state index in [1.54, 1.807) is 17.0 Å². The standard InChI is InChI=1S/C17H19FN4O6/c1-26-15(23)19-5-10-6-22(17(25)27-10)9-2-3-13(11(18)4-9)21-7-12-14(8-21)28-16(24)20-12/h2-4,10,12,14H,5-8H2,1H3,(H,19,23)(H,20,24)/t10-,12-,14+/m0/s1. The molecule has 3 saturated heterocycles. The van der Waals surface area contributed by atoms with Crippen molar-refractivity contribution in [2.45, 2.75) is 18.2 Å². The van der Waals surface area contributed by atoms with Crippen LogP contribution in [0.1, 0.15) is 0 Å². The molecule has 0 bridgehead atoms. The number of nitrogens with one attached hydrogen (secondary N) is 2. The molecule has 0 aromatic heterocycles.